The molecule has 0 unspecified atom stereocenters. The SMILES string of the molecule is COC(=O)c1ccc(OC(=O)Cc2ccc(C)c(OC)c2)c(OC)c1. The van der Waals surface area contributed by atoms with E-state index in [9.17, 15) is 9.59 Å². The minimum absolute atomic E-state index is 0.0819. The third-order valence-electron chi connectivity index (χ3n) is 3.63. The van der Waals surface area contributed by atoms with Crippen LogP contribution in [-0.4, -0.2) is 33.3 Å². The van der Waals surface area contributed by atoms with Crippen LogP contribution in [0.25, 0.3) is 0 Å². The Morgan fingerprint density at radius 1 is 0.880 bits per heavy atom. The maximum absolute atomic E-state index is 12.2. The molecule has 0 atom stereocenters. The van der Waals surface area contributed by atoms with Crippen LogP contribution in [0, 0.1) is 6.92 Å². The van der Waals surface area contributed by atoms with Crippen LogP contribution < -0.4 is 14.2 Å². The largest absolute Gasteiger partial charge is 0.496 e. The number of esters is 2. The molecule has 2 rings (SSSR count). The number of ether oxygens (including phenoxy) is 4. The van der Waals surface area contributed by atoms with Crippen LogP contribution in [0.2, 0.25) is 0 Å². The molecule has 0 bridgehead atoms. The average Bonchev–Trinajstić information content (AvgIpc) is 2.62. The Bertz CT molecular complexity index is 781. The Morgan fingerprint density at radius 2 is 1.60 bits per heavy atom. The minimum Gasteiger partial charge on any atom is -0.496 e. The highest BCUT2D eigenvalue weighted by Crippen LogP contribution is 2.29. The van der Waals surface area contributed by atoms with Crippen molar-refractivity contribution in [3.05, 3.63) is 53.1 Å². The zero-order chi connectivity index (χ0) is 18.4. The molecule has 0 aliphatic carbocycles. The van der Waals surface area contributed by atoms with Gasteiger partial charge in [0.05, 0.1) is 33.3 Å². The molecule has 2 aromatic rings. The molecule has 0 aliphatic rings. The molecule has 132 valence electrons. The maximum atomic E-state index is 12.2. The van der Waals surface area contributed by atoms with Crippen LogP contribution in [-0.2, 0) is 16.0 Å². The van der Waals surface area contributed by atoms with Gasteiger partial charge in [-0.05, 0) is 42.3 Å². The summed E-state index contributed by atoms with van der Waals surface area (Å²) < 4.78 is 20.4. The summed E-state index contributed by atoms with van der Waals surface area (Å²) in [6, 6.07) is 9.99. The molecule has 0 aliphatic heterocycles. The van der Waals surface area contributed by atoms with E-state index in [-0.39, 0.29) is 17.9 Å². The quantitative estimate of drug-likeness (QED) is 0.593. The second-order valence-electron chi connectivity index (χ2n) is 5.31. The summed E-state index contributed by atoms with van der Waals surface area (Å²) in [4.78, 5) is 23.7. The molecule has 0 amide bonds. The second kappa shape index (κ2) is 8.19. The van der Waals surface area contributed by atoms with E-state index in [1.54, 1.807) is 13.2 Å². The zero-order valence-electron chi connectivity index (χ0n) is 14.6. The van der Waals surface area contributed by atoms with Crippen LogP contribution in [0.3, 0.4) is 0 Å². The minimum atomic E-state index is -0.497. The third kappa shape index (κ3) is 4.50. The molecule has 25 heavy (non-hydrogen) atoms. The van der Waals surface area contributed by atoms with Gasteiger partial charge >= 0.3 is 11.9 Å². The molecule has 6 heteroatoms. The lowest BCUT2D eigenvalue weighted by molar-refractivity contribution is -0.133. The number of aryl methyl sites for hydroxylation is 1. The molecule has 0 N–H and O–H groups in total. The number of carbonyl (C=O) groups is 2. The smallest absolute Gasteiger partial charge is 0.337 e. The van der Waals surface area contributed by atoms with Crippen LogP contribution in [0.1, 0.15) is 21.5 Å². The van der Waals surface area contributed by atoms with Crippen LogP contribution in [0.15, 0.2) is 36.4 Å². The van der Waals surface area contributed by atoms with Crippen molar-refractivity contribution in [1.29, 1.82) is 0 Å². The Morgan fingerprint density at radius 3 is 2.24 bits per heavy atom. The lowest BCUT2D eigenvalue weighted by Gasteiger charge is -2.11. The number of methoxy groups -OCH3 is 3. The number of rotatable bonds is 6. The monoisotopic (exact) mass is 344 g/mol. The molecular formula is C19H20O6. The predicted molar refractivity (Wildman–Crippen MR) is 91.4 cm³/mol. The summed E-state index contributed by atoms with van der Waals surface area (Å²) in [5.74, 6) is 0.278. The van der Waals surface area contributed by atoms with Gasteiger partial charge in [0.1, 0.15) is 5.75 Å². The van der Waals surface area contributed by atoms with Gasteiger partial charge in [0.15, 0.2) is 11.5 Å². The molecule has 0 heterocycles. The molecule has 0 spiro atoms. The Labute approximate surface area is 146 Å². The van der Waals surface area contributed by atoms with Gasteiger partial charge in [-0.15, -0.1) is 0 Å². The molecular weight excluding hydrogens is 324 g/mol. The first-order valence-corrected chi connectivity index (χ1v) is 7.59. The normalized spacial score (nSPS) is 10.1. The highest BCUT2D eigenvalue weighted by Gasteiger charge is 2.15. The summed E-state index contributed by atoms with van der Waals surface area (Å²) in [7, 11) is 4.30. The topological polar surface area (TPSA) is 71.1 Å². The highest BCUT2D eigenvalue weighted by atomic mass is 16.6. The van der Waals surface area contributed by atoms with E-state index in [0.29, 0.717) is 11.3 Å². The zero-order valence-corrected chi connectivity index (χ0v) is 14.6. The van der Waals surface area contributed by atoms with Gasteiger partial charge < -0.3 is 18.9 Å². The van der Waals surface area contributed by atoms with E-state index >= 15 is 0 Å². The van der Waals surface area contributed by atoms with Gasteiger partial charge in [-0.2, -0.15) is 0 Å². The number of carbonyl (C=O) groups excluding carboxylic acids is 2. The first-order valence-electron chi connectivity index (χ1n) is 7.59. The predicted octanol–water partition coefficient (Wildman–Crippen LogP) is 2.95. The molecule has 0 aromatic heterocycles. The van der Waals surface area contributed by atoms with Crippen molar-refractivity contribution >= 4 is 11.9 Å². The molecule has 2 aromatic carbocycles. The number of benzene rings is 2. The highest BCUT2D eigenvalue weighted by molar-refractivity contribution is 5.90. The van der Waals surface area contributed by atoms with E-state index < -0.39 is 11.9 Å². The van der Waals surface area contributed by atoms with Gasteiger partial charge in [-0.25, -0.2) is 4.79 Å². The first kappa shape index (κ1) is 18.3. The Hall–Kier alpha value is -3.02. The van der Waals surface area contributed by atoms with Gasteiger partial charge in [0.25, 0.3) is 0 Å². The van der Waals surface area contributed by atoms with Crippen molar-refractivity contribution in [3.8, 4) is 17.2 Å². The fourth-order valence-electron chi connectivity index (χ4n) is 2.30. The van der Waals surface area contributed by atoms with Crippen molar-refractivity contribution in [2.45, 2.75) is 13.3 Å². The Balaban J connectivity index is 2.13. The van der Waals surface area contributed by atoms with Crippen LogP contribution in [0.5, 0.6) is 17.2 Å². The van der Waals surface area contributed by atoms with Crippen molar-refractivity contribution in [1.82, 2.24) is 0 Å². The van der Waals surface area contributed by atoms with Crippen molar-refractivity contribution in [2.75, 3.05) is 21.3 Å². The Kier molecular flexibility index (Phi) is 6.00. The van der Waals surface area contributed by atoms with Gasteiger partial charge in [-0.1, -0.05) is 12.1 Å². The van der Waals surface area contributed by atoms with E-state index in [2.05, 4.69) is 4.74 Å². The summed E-state index contributed by atoms with van der Waals surface area (Å²) >= 11 is 0. The molecule has 0 radical (unpaired) electrons. The third-order valence-corrected chi connectivity index (χ3v) is 3.63. The molecule has 6 nitrogen and oxygen atoms in total. The summed E-state index contributed by atoms with van der Waals surface area (Å²) in [6.07, 6.45) is 0.0819. The standard InChI is InChI=1S/C19H20O6/c1-12-5-6-13(9-16(12)22-2)10-18(20)25-15-8-7-14(19(21)24-4)11-17(15)23-3/h5-9,11H,10H2,1-4H3. The summed E-state index contributed by atoms with van der Waals surface area (Å²) in [5, 5.41) is 0. The van der Waals surface area contributed by atoms with Crippen molar-refractivity contribution in [3.63, 3.8) is 0 Å². The average molecular weight is 344 g/mol. The summed E-state index contributed by atoms with van der Waals surface area (Å²) in [5.41, 5.74) is 2.07. The first-order chi connectivity index (χ1) is 12.0. The number of hydrogen-bond donors (Lipinski definition) is 0. The maximum Gasteiger partial charge on any atom is 0.337 e. The van der Waals surface area contributed by atoms with E-state index in [1.807, 2.05) is 19.1 Å². The lowest BCUT2D eigenvalue weighted by atomic mass is 10.1. The molecule has 0 fully saturated rings. The van der Waals surface area contributed by atoms with Crippen LogP contribution in [0.4, 0.5) is 0 Å². The van der Waals surface area contributed by atoms with E-state index in [0.717, 1.165) is 11.1 Å². The lowest BCUT2D eigenvalue weighted by Crippen LogP contribution is -2.12. The fourth-order valence-corrected chi connectivity index (χ4v) is 2.30. The second-order valence-corrected chi connectivity index (χ2v) is 5.31. The van der Waals surface area contributed by atoms with Crippen molar-refractivity contribution in [2.24, 2.45) is 0 Å². The van der Waals surface area contributed by atoms with Crippen LogP contribution >= 0.6 is 0 Å². The fraction of sp³-hybridized carbons (Fsp3) is 0.263. The molecule has 0 saturated carbocycles. The van der Waals surface area contributed by atoms with Gasteiger partial charge in [0, 0.05) is 0 Å². The molecule has 0 saturated heterocycles. The van der Waals surface area contributed by atoms with Gasteiger partial charge in [0.2, 0.25) is 0 Å². The van der Waals surface area contributed by atoms with Gasteiger partial charge in [-0.3, -0.25) is 4.79 Å². The number of hydrogen-bond acceptors (Lipinski definition) is 6. The van der Waals surface area contributed by atoms with Crippen molar-refractivity contribution < 1.29 is 28.5 Å². The summed E-state index contributed by atoms with van der Waals surface area (Å²) in [6.45, 7) is 1.93. The van der Waals surface area contributed by atoms with E-state index in [4.69, 9.17) is 14.2 Å². The van der Waals surface area contributed by atoms with E-state index in [1.165, 1.54) is 32.4 Å².